The summed E-state index contributed by atoms with van der Waals surface area (Å²) in [7, 11) is 0.494. The third-order valence-corrected chi connectivity index (χ3v) is 9.00. The van der Waals surface area contributed by atoms with Gasteiger partial charge in [0.05, 0.1) is 26.2 Å². The van der Waals surface area contributed by atoms with Crippen LogP contribution in [0.15, 0.2) is 71.6 Å². The van der Waals surface area contributed by atoms with Crippen molar-refractivity contribution in [1.82, 2.24) is 4.90 Å². The predicted octanol–water partition coefficient (Wildman–Crippen LogP) is 3.70. The van der Waals surface area contributed by atoms with Gasteiger partial charge in [0.2, 0.25) is 5.91 Å². The van der Waals surface area contributed by atoms with Gasteiger partial charge in [-0.1, -0.05) is 35.9 Å². The minimum Gasteiger partial charge on any atom is -0.497 e. The molecule has 9 heteroatoms. The van der Waals surface area contributed by atoms with E-state index in [1.165, 1.54) is 31.3 Å². The second-order valence-corrected chi connectivity index (χ2v) is 11.1. The number of methoxy groups -OCH3 is 3. The molecule has 3 aromatic rings. The molecule has 0 saturated carbocycles. The first-order valence-electron chi connectivity index (χ1n) is 11.8. The number of hydrogen-bond donors (Lipinski definition) is 1. The number of carbonyl (C=O) groups excluding carboxylic acids is 1. The summed E-state index contributed by atoms with van der Waals surface area (Å²) in [5.41, 5.74) is 2.22. The Balaban J connectivity index is 1.78. The van der Waals surface area contributed by atoms with Gasteiger partial charge in [-0.25, -0.2) is 8.42 Å². The lowest BCUT2D eigenvalue weighted by molar-refractivity contribution is -0.148. The van der Waals surface area contributed by atoms with Crippen molar-refractivity contribution in [3.8, 4) is 17.2 Å². The largest absolute Gasteiger partial charge is 0.497 e. The van der Waals surface area contributed by atoms with E-state index >= 15 is 0 Å². The lowest BCUT2D eigenvalue weighted by Gasteiger charge is -2.42. The van der Waals surface area contributed by atoms with Crippen LogP contribution in [-0.2, 0) is 21.2 Å². The summed E-state index contributed by atoms with van der Waals surface area (Å²) < 4.78 is 43.9. The molecule has 3 atom stereocenters. The van der Waals surface area contributed by atoms with Gasteiger partial charge < -0.3 is 24.2 Å². The fourth-order valence-corrected chi connectivity index (χ4v) is 6.70. The molecule has 3 unspecified atom stereocenters. The number of aliphatic hydroxyl groups is 1. The van der Waals surface area contributed by atoms with Crippen LogP contribution in [0, 0.1) is 6.92 Å². The molecule has 4 rings (SSSR count). The fraction of sp³-hybridized carbons (Fsp3) is 0.321. The number of aliphatic hydroxyl groups excluding tert-OH is 1. The molecule has 0 radical (unpaired) electrons. The number of rotatable bonds is 8. The van der Waals surface area contributed by atoms with E-state index in [-0.39, 0.29) is 23.8 Å². The number of amides is 1. The molecule has 0 aliphatic carbocycles. The van der Waals surface area contributed by atoms with Gasteiger partial charge in [-0.15, -0.1) is 0 Å². The molecule has 1 aliphatic heterocycles. The molecule has 0 aromatic heterocycles. The SMILES string of the molecule is COc1ccc(CN2C(=O)CC(c3ccc(OC)c(OC)c3)C(S(=O)(=O)c3ccc(C)cc3)C2O)cc1. The van der Waals surface area contributed by atoms with E-state index in [1.807, 2.05) is 6.92 Å². The predicted molar refractivity (Wildman–Crippen MR) is 139 cm³/mol. The van der Waals surface area contributed by atoms with Crippen LogP contribution in [-0.4, -0.2) is 57.1 Å². The normalized spacial score (nSPS) is 20.0. The highest BCUT2D eigenvalue weighted by molar-refractivity contribution is 7.92. The van der Waals surface area contributed by atoms with Crippen molar-refractivity contribution in [2.24, 2.45) is 0 Å². The number of likely N-dealkylation sites (tertiary alicyclic amines) is 1. The number of ether oxygens (including phenoxy) is 3. The number of hydrogen-bond acceptors (Lipinski definition) is 7. The Morgan fingerprint density at radius 1 is 0.892 bits per heavy atom. The van der Waals surface area contributed by atoms with Crippen LogP contribution >= 0.6 is 0 Å². The highest BCUT2D eigenvalue weighted by atomic mass is 32.2. The third-order valence-electron chi connectivity index (χ3n) is 6.78. The highest BCUT2D eigenvalue weighted by Gasteiger charge is 2.49. The topological polar surface area (TPSA) is 102 Å². The maximum absolute atomic E-state index is 14.0. The van der Waals surface area contributed by atoms with Crippen LogP contribution in [0.1, 0.15) is 29.0 Å². The molecule has 1 N–H and O–H groups in total. The van der Waals surface area contributed by atoms with E-state index in [9.17, 15) is 18.3 Å². The first kappa shape index (κ1) is 26.5. The third kappa shape index (κ3) is 5.28. The summed E-state index contributed by atoms with van der Waals surface area (Å²) in [6, 6.07) is 18.6. The summed E-state index contributed by atoms with van der Waals surface area (Å²) >= 11 is 0. The number of piperidine rings is 1. The quantitative estimate of drug-likeness (QED) is 0.478. The molecule has 196 valence electrons. The van der Waals surface area contributed by atoms with Gasteiger partial charge in [-0.2, -0.15) is 0 Å². The second-order valence-electron chi connectivity index (χ2n) is 9.03. The van der Waals surface area contributed by atoms with Gasteiger partial charge in [-0.05, 0) is 54.4 Å². The second kappa shape index (κ2) is 10.8. The smallest absolute Gasteiger partial charge is 0.225 e. The Labute approximate surface area is 217 Å². The average Bonchev–Trinajstić information content (AvgIpc) is 2.90. The molecule has 37 heavy (non-hydrogen) atoms. The molecule has 1 amide bonds. The lowest BCUT2D eigenvalue weighted by Crippen LogP contribution is -2.56. The molecule has 3 aromatic carbocycles. The monoisotopic (exact) mass is 525 g/mol. The van der Waals surface area contributed by atoms with Gasteiger partial charge in [0.1, 0.15) is 17.2 Å². The van der Waals surface area contributed by atoms with E-state index in [0.717, 1.165) is 11.1 Å². The van der Waals surface area contributed by atoms with E-state index in [1.54, 1.807) is 61.7 Å². The summed E-state index contributed by atoms with van der Waals surface area (Å²) in [6.45, 7) is 1.93. The van der Waals surface area contributed by atoms with Crippen LogP contribution in [0.5, 0.6) is 17.2 Å². The van der Waals surface area contributed by atoms with Crippen molar-refractivity contribution in [1.29, 1.82) is 0 Å². The fourth-order valence-electron chi connectivity index (χ4n) is 4.72. The standard InChI is InChI=1S/C28H31NO7S/c1-18-5-12-22(13-6-18)37(32,33)27-23(20-9-14-24(35-3)25(15-20)36-4)16-26(30)29(28(27)31)17-19-7-10-21(34-2)11-8-19/h5-15,23,27-28,31H,16-17H2,1-4H3. The highest BCUT2D eigenvalue weighted by Crippen LogP contribution is 2.41. The Bertz CT molecular complexity index is 1350. The van der Waals surface area contributed by atoms with Crippen molar-refractivity contribution in [2.45, 2.75) is 42.2 Å². The van der Waals surface area contributed by atoms with Crippen LogP contribution in [0.2, 0.25) is 0 Å². The Kier molecular flexibility index (Phi) is 7.75. The van der Waals surface area contributed by atoms with Gasteiger partial charge in [0.15, 0.2) is 21.3 Å². The van der Waals surface area contributed by atoms with Crippen LogP contribution in [0.4, 0.5) is 0 Å². The zero-order valence-electron chi connectivity index (χ0n) is 21.2. The maximum Gasteiger partial charge on any atom is 0.225 e. The molecular weight excluding hydrogens is 494 g/mol. The first-order valence-corrected chi connectivity index (χ1v) is 13.4. The van der Waals surface area contributed by atoms with Crippen LogP contribution < -0.4 is 14.2 Å². The van der Waals surface area contributed by atoms with E-state index in [0.29, 0.717) is 22.8 Å². The van der Waals surface area contributed by atoms with Gasteiger partial charge >= 0.3 is 0 Å². The summed E-state index contributed by atoms with van der Waals surface area (Å²) in [5.74, 6) is 0.392. The molecule has 1 aliphatic rings. The van der Waals surface area contributed by atoms with Crippen LogP contribution in [0.25, 0.3) is 0 Å². The Morgan fingerprint density at radius 2 is 1.54 bits per heavy atom. The molecule has 1 heterocycles. The van der Waals surface area contributed by atoms with Crippen LogP contribution in [0.3, 0.4) is 0 Å². The molecule has 8 nitrogen and oxygen atoms in total. The van der Waals surface area contributed by atoms with E-state index in [4.69, 9.17) is 14.2 Å². The number of aryl methyl sites for hydroxylation is 1. The van der Waals surface area contributed by atoms with Gasteiger partial charge in [-0.3, -0.25) is 4.79 Å². The van der Waals surface area contributed by atoms with Gasteiger partial charge in [0, 0.05) is 18.9 Å². The lowest BCUT2D eigenvalue weighted by atomic mass is 9.87. The van der Waals surface area contributed by atoms with E-state index < -0.39 is 27.2 Å². The minimum absolute atomic E-state index is 0.0581. The first-order chi connectivity index (χ1) is 17.7. The zero-order valence-corrected chi connectivity index (χ0v) is 22.1. The van der Waals surface area contributed by atoms with Crippen molar-refractivity contribution in [2.75, 3.05) is 21.3 Å². The van der Waals surface area contributed by atoms with Crippen molar-refractivity contribution < 1.29 is 32.5 Å². The number of carbonyl (C=O) groups is 1. The zero-order chi connectivity index (χ0) is 26.7. The van der Waals surface area contributed by atoms with Crippen molar-refractivity contribution >= 4 is 15.7 Å². The molecule has 1 saturated heterocycles. The summed E-state index contributed by atoms with van der Waals surface area (Å²) in [4.78, 5) is 14.7. The van der Waals surface area contributed by atoms with Crippen molar-refractivity contribution in [3.63, 3.8) is 0 Å². The number of benzene rings is 3. The molecule has 0 spiro atoms. The molecular formula is C28H31NO7S. The van der Waals surface area contributed by atoms with Gasteiger partial charge in [0.25, 0.3) is 0 Å². The van der Waals surface area contributed by atoms with Crippen molar-refractivity contribution in [3.05, 3.63) is 83.4 Å². The summed E-state index contributed by atoms with van der Waals surface area (Å²) in [6.07, 6.45) is -1.67. The Morgan fingerprint density at radius 3 is 2.14 bits per heavy atom. The number of sulfone groups is 1. The molecule has 1 fully saturated rings. The maximum atomic E-state index is 14.0. The number of nitrogens with zero attached hydrogens (tertiary/aromatic N) is 1. The minimum atomic E-state index is -4.06. The average molecular weight is 526 g/mol. The Hall–Kier alpha value is -3.56. The summed E-state index contributed by atoms with van der Waals surface area (Å²) in [5, 5.41) is 10.2. The van der Waals surface area contributed by atoms with E-state index in [2.05, 4.69) is 0 Å². The molecule has 0 bridgehead atoms.